The molecule has 1 fully saturated rings. The molecule has 14 heavy (non-hydrogen) atoms. The van der Waals surface area contributed by atoms with Gasteiger partial charge in [0.1, 0.15) is 5.67 Å². The fourth-order valence-electron chi connectivity index (χ4n) is 2.28. The van der Waals surface area contributed by atoms with Crippen LogP contribution in [0.15, 0.2) is 0 Å². The summed E-state index contributed by atoms with van der Waals surface area (Å²) in [4.78, 5) is 2.27. The fourth-order valence-corrected chi connectivity index (χ4v) is 2.28. The van der Waals surface area contributed by atoms with Crippen LogP contribution < -0.4 is 0 Å². The van der Waals surface area contributed by atoms with Gasteiger partial charge in [-0.2, -0.15) is 0 Å². The SMILES string of the molecule is CCC(C)C1(F)CCCN(C(C)C)C1. The van der Waals surface area contributed by atoms with Crippen molar-refractivity contribution in [2.75, 3.05) is 13.1 Å². The Balaban J connectivity index is 2.62. The predicted octanol–water partition coefficient (Wildman–Crippen LogP) is 3.25. The lowest BCUT2D eigenvalue weighted by molar-refractivity contribution is -0.0103. The number of nitrogens with zero attached hydrogens (tertiary/aromatic N) is 1. The third kappa shape index (κ3) is 2.47. The summed E-state index contributed by atoms with van der Waals surface area (Å²) < 4.78 is 14.5. The van der Waals surface area contributed by atoms with E-state index in [2.05, 4.69) is 25.7 Å². The maximum Gasteiger partial charge on any atom is 0.126 e. The summed E-state index contributed by atoms with van der Waals surface area (Å²) in [5.74, 6) is 0.198. The highest BCUT2D eigenvalue weighted by Crippen LogP contribution is 2.34. The summed E-state index contributed by atoms with van der Waals surface area (Å²) in [5.41, 5.74) is -0.933. The summed E-state index contributed by atoms with van der Waals surface area (Å²) >= 11 is 0. The molecule has 2 unspecified atom stereocenters. The van der Waals surface area contributed by atoms with Crippen LogP contribution in [0.2, 0.25) is 0 Å². The van der Waals surface area contributed by atoms with Gasteiger partial charge in [0.25, 0.3) is 0 Å². The van der Waals surface area contributed by atoms with Gasteiger partial charge in [-0.25, -0.2) is 4.39 Å². The monoisotopic (exact) mass is 201 g/mol. The Labute approximate surface area is 87.7 Å². The van der Waals surface area contributed by atoms with Gasteiger partial charge in [-0.3, -0.25) is 4.90 Å². The van der Waals surface area contributed by atoms with Gasteiger partial charge in [-0.1, -0.05) is 20.3 Å². The Morgan fingerprint density at radius 2 is 2.00 bits per heavy atom. The molecule has 1 rings (SSSR count). The first-order chi connectivity index (χ1) is 6.49. The standard InChI is InChI=1S/C12H24FN/c1-5-11(4)12(13)7-6-8-14(9-12)10(2)3/h10-11H,5-9H2,1-4H3. The van der Waals surface area contributed by atoms with Crippen molar-refractivity contribution in [1.29, 1.82) is 0 Å². The van der Waals surface area contributed by atoms with Crippen LogP contribution in [0.1, 0.15) is 47.0 Å². The molecule has 1 saturated heterocycles. The van der Waals surface area contributed by atoms with Gasteiger partial charge in [-0.05, 0) is 39.2 Å². The molecule has 0 saturated carbocycles. The van der Waals surface area contributed by atoms with Crippen molar-refractivity contribution in [1.82, 2.24) is 4.90 Å². The molecule has 2 heteroatoms. The highest BCUT2D eigenvalue weighted by Gasteiger charge is 2.39. The van der Waals surface area contributed by atoms with E-state index in [1.807, 2.05) is 6.92 Å². The number of hydrogen-bond donors (Lipinski definition) is 0. The predicted molar refractivity (Wildman–Crippen MR) is 59.2 cm³/mol. The number of halogens is 1. The number of rotatable bonds is 3. The molecule has 0 amide bonds. The van der Waals surface area contributed by atoms with E-state index >= 15 is 0 Å². The van der Waals surface area contributed by atoms with Gasteiger partial charge in [0.2, 0.25) is 0 Å². The number of likely N-dealkylation sites (tertiary alicyclic amines) is 1. The summed E-state index contributed by atoms with van der Waals surface area (Å²) in [6.07, 6.45) is 2.71. The number of hydrogen-bond acceptors (Lipinski definition) is 1. The Hall–Kier alpha value is -0.110. The van der Waals surface area contributed by atoms with Gasteiger partial charge in [0.05, 0.1) is 0 Å². The zero-order valence-corrected chi connectivity index (χ0v) is 10.0. The molecule has 1 heterocycles. The lowest BCUT2D eigenvalue weighted by atomic mass is 9.81. The zero-order valence-electron chi connectivity index (χ0n) is 10.0. The van der Waals surface area contributed by atoms with Crippen molar-refractivity contribution < 1.29 is 4.39 Å². The Kier molecular flexibility index (Phi) is 3.94. The van der Waals surface area contributed by atoms with Crippen molar-refractivity contribution in [2.24, 2.45) is 5.92 Å². The first-order valence-corrected chi connectivity index (χ1v) is 5.92. The highest BCUT2D eigenvalue weighted by atomic mass is 19.1. The van der Waals surface area contributed by atoms with E-state index in [1.165, 1.54) is 0 Å². The first-order valence-electron chi connectivity index (χ1n) is 5.92. The second-order valence-electron chi connectivity index (χ2n) is 5.01. The summed E-state index contributed by atoms with van der Waals surface area (Å²) in [6, 6.07) is 0.481. The molecule has 1 nitrogen and oxygen atoms in total. The second kappa shape index (κ2) is 4.61. The molecule has 0 aromatic carbocycles. The topological polar surface area (TPSA) is 3.24 Å². The van der Waals surface area contributed by atoms with Crippen LogP contribution in [0.25, 0.3) is 0 Å². The van der Waals surface area contributed by atoms with Crippen LogP contribution in [0.4, 0.5) is 4.39 Å². The van der Waals surface area contributed by atoms with Crippen LogP contribution >= 0.6 is 0 Å². The number of piperidine rings is 1. The maximum absolute atomic E-state index is 14.5. The van der Waals surface area contributed by atoms with E-state index in [0.29, 0.717) is 12.6 Å². The zero-order chi connectivity index (χ0) is 10.8. The number of alkyl halides is 1. The largest absolute Gasteiger partial charge is 0.298 e. The Morgan fingerprint density at radius 1 is 1.36 bits per heavy atom. The molecule has 0 aromatic heterocycles. The average Bonchev–Trinajstić information content (AvgIpc) is 2.16. The van der Waals surface area contributed by atoms with Crippen molar-refractivity contribution >= 4 is 0 Å². The Morgan fingerprint density at radius 3 is 2.50 bits per heavy atom. The van der Waals surface area contributed by atoms with E-state index < -0.39 is 5.67 Å². The van der Waals surface area contributed by atoms with E-state index in [-0.39, 0.29) is 5.92 Å². The van der Waals surface area contributed by atoms with Crippen molar-refractivity contribution in [2.45, 2.75) is 58.7 Å². The minimum Gasteiger partial charge on any atom is -0.298 e. The maximum atomic E-state index is 14.5. The van der Waals surface area contributed by atoms with Crippen LogP contribution in [-0.2, 0) is 0 Å². The minimum atomic E-state index is -0.933. The van der Waals surface area contributed by atoms with Crippen molar-refractivity contribution in [3.63, 3.8) is 0 Å². The van der Waals surface area contributed by atoms with Crippen molar-refractivity contribution in [3.05, 3.63) is 0 Å². The first kappa shape index (κ1) is 12.0. The summed E-state index contributed by atoms with van der Waals surface area (Å²) in [5, 5.41) is 0. The third-order valence-corrected chi connectivity index (χ3v) is 3.73. The van der Waals surface area contributed by atoms with Crippen LogP contribution in [-0.4, -0.2) is 29.7 Å². The van der Waals surface area contributed by atoms with Gasteiger partial charge < -0.3 is 0 Å². The lowest BCUT2D eigenvalue weighted by Crippen LogP contribution is -2.51. The molecule has 0 bridgehead atoms. The average molecular weight is 201 g/mol. The normalized spacial score (nSPS) is 32.1. The smallest absolute Gasteiger partial charge is 0.126 e. The van der Waals surface area contributed by atoms with Crippen molar-refractivity contribution in [3.8, 4) is 0 Å². The molecule has 1 aliphatic heterocycles. The molecule has 2 atom stereocenters. The lowest BCUT2D eigenvalue weighted by Gasteiger charge is -2.42. The van der Waals surface area contributed by atoms with E-state index in [1.54, 1.807) is 0 Å². The van der Waals surface area contributed by atoms with Crippen LogP contribution in [0, 0.1) is 5.92 Å². The quantitative estimate of drug-likeness (QED) is 0.677. The molecule has 0 radical (unpaired) electrons. The molecule has 0 spiro atoms. The second-order valence-corrected chi connectivity index (χ2v) is 5.01. The summed E-state index contributed by atoms with van der Waals surface area (Å²) in [7, 11) is 0. The fraction of sp³-hybridized carbons (Fsp3) is 1.00. The van der Waals surface area contributed by atoms with E-state index in [9.17, 15) is 4.39 Å². The summed E-state index contributed by atoms with van der Waals surface area (Å²) in [6.45, 7) is 10.1. The van der Waals surface area contributed by atoms with Gasteiger partial charge in [0.15, 0.2) is 0 Å². The van der Waals surface area contributed by atoms with Gasteiger partial charge in [0, 0.05) is 12.6 Å². The Bertz CT molecular complexity index is 181. The van der Waals surface area contributed by atoms with Gasteiger partial charge >= 0.3 is 0 Å². The van der Waals surface area contributed by atoms with Gasteiger partial charge in [-0.15, -0.1) is 0 Å². The minimum absolute atomic E-state index is 0.198. The van der Waals surface area contributed by atoms with E-state index in [4.69, 9.17) is 0 Å². The van der Waals surface area contributed by atoms with E-state index in [0.717, 1.165) is 25.8 Å². The molecule has 0 aliphatic carbocycles. The third-order valence-electron chi connectivity index (χ3n) is 3.73. The molecule has 84 valence electrons. The molecule has 0 N–H and O–H groups in total. The molecular formula is C12H24FN. The highest BCUT2D eigenvalue weighted by molar-refractivity contribution is 4.92. The molecule has 0 aromatic rings. The van der Waals surface area contributed by atoms with Crippen LogP contribution in [0.5, 0.6) is 0 Å². The molecule has 1 aliphatic rings. The van der Waals surface area contributed by atoms with Crippen LogP contribution in [0.3, 0.4) is 0 Å². The molecular weight excluding hydrogens is 177 g/mol.